The second-order valence-corrected chi connectivity index (χ2v) is 5.03. The van der Waals surface area contributed by atoms with Gasteiger partial charge in [-0.1, -0.05) is 19.1 Å². The summed E-state index contributed by atoms with van der Waals surface area (Å²) in [5.74, 6) is 0.598. The van der Waals surface area contributed by atoms with E-state index in [-0.39, 0.29) is 5.82 Å². The van der Waals surface area contributed by atoms with Gasteiger partial charge in [-0.3, -0.25) is 4.98 Å². The molecule has 0 unspecified atom stereocenters. The summed E-state index contributed by atoms with van der Waals surface area (Å²) >= 11 is 0. The van der Waals surface area contributed by atoms with Crippen LogP contribution in [0.3, 0.4) is 0 Å². The van der Waals surface area contributed by atoms with Gasteiger partial charge in [0, 0.05) is 26.3 Å². The fourth-order valence-corrected chi connectivity index (χ4v) is 2.00. The van der Waals surface area contributed by atoms with Crippen LogP contribution in [0.5, 0.6) is 0 Å². The second kappa shape index (κ2) is 7.69. The Morgan fingerprint density at radius 1 is 1.19 bits per heavy atom. The average molecular weight is 288 g/mol. The van der Waals surface area contributed by atoms with Crippen molar-refractivity contribution in [3.8, 4) is 0 Å². The van der Waals surface area contributed by atoms with Gasteiger partial charge in [-0.15, -0.1) is 0 Å². The van der Waals surface area contributed by atoms with Gasteiger partial charge >= 0.3 is 0 Å². The zero-order valence-corrected chi connectivity index (χ0v) is 12.5. The maximum Gasteiger partial charge on any atom is 0.147 e. The van der Waals surface area contributed by atoms with Crippen molar-refractivity contribution in [2.75, 3.05) is 18.5 Å². The zero-order chi connectivity index (χ0) is 15.1. The first-order chi connectivity index (χ1) is 10.2. The molecule has 0 saturated heterocycles. The van der Waals surface area contributed by atoms with Crippen molar-refractivity contribution in [3.63, 3.8) is 0 Å². The number of nitrogens with one attached hydrogen (secondary N) is 1. The van der Waals surface area contributed by atoms with Crippen LogP contribution in [0.25, 0.3) is 0 Å². The fraction of sp³-hybridized carbons (Fsp3) is 0.375. The van der Waals surface area contributed by atoms with Crippen LogP contribution in [-0.4, -0.2) is 23.6 Å². The van der Waals surface area contributed by atoms with Gasteiger partial charge in [-0.2, -0.15) is 0 Å². The number of hydrogen-bond donors (Lipinski definition) is 1. The van der Waals surface area contributed by atoms with Crippen molar-refractivity contribution >= 4 is 5.82 Å². The zero-order valence-electron chi connectivity index (χ0n) is 12.5. The molecule has 0 aliphatic heterocycles. The third-order valence-corrected chi connectivity index (χ3v) is 3.13. The molecule has 0 radical (unpaired) electrons. The number of rotatable bonds is 7. The molecule has 1 N–H and O–H groups in total. The Morgan fingerprint density at radius 2 is 1.95 bits per heavy atom. The Hall–Kier alpha value is -2.01. The van der Waals surface area contributed by atoms with E-state index in [0.717, 1.165) is 36.6 Å². The normalized spacial score (nSPS) is 10.6. The summed E-state index contributed by atoms with van der Waals surface area (Å²) in [5.41, 5.74) is 1.96. The van der Waals surface area contributed by atoms with E-state index >= 15 is 0 Å². The lowest BCUT2D eigenvalue weighted by molar-refractivity contribution is 0.627. The Balaban J connectivity index is 1.99. The molecule has 0 spiro atoms. The van der Waals surface area contributed by atoms with Crippen molar-refractivity contribution in [3.05, 3.63) is 53.7 Å². The number of hydrogen-bond acceptors (Lipinski definition) is 4. The minimum atomic E-state index is -0.217. The van der Waals surface area contributed by atoms with Crippen molar-refractivity contribution in [2.45, 2.75) is 26.4 Å². The van der Waals surface area contributed by atoms with Crippen LogP contribution in [0.4, 0.5) is 10.2 Å². The minimum absolute atomic E-state index is 0.217. The molecule has 5 heteroatoms. The highest BCUT2D eigenvalue weighted by atomic mass is 19.1. The standard InChI is InChI=1S/C16H21FN4/c1-3-8-18-9-15-10-19-11-16(20-15)21(2)12-13-4-6-14(17)7-5-13/h4-7,10-11,18H,3,8-9,12H2,1-2H3. The Labute approximate surface area is 125 Å². The molecule has 1 heterocycles. The fourth-order valence-electron chi connectivity index (χ4n) is 2.00. The van der Waals surface area contributed by atoms with Crippen molar-refractivity contribution < 1.29 is 4.39 Å². The van der Waals surface area contributed by atoms with Crippen molar-refractivity contribution in [1.82, 2.24) is 15.3 Å². The molecule has 0 fully saturated rings. The molecule has 0 saturated carbocycles. The molecule has 0 amide bonds. The lowest BCUT2D eigenvalue weighted by Gasteiger charge is -2.18. The average Bonchev–Trinajstić information content (AvgIpc) is 2.50. The lowest BCUT2D eigenvalue weighted by atomic mass is 10.2. The number of halogens is 1. The predicted molar refractivity (Wildman–Crippen MR) is 82.5 cm³/mol. The Kier molecular flexibility index (Phi) is 5.63. The first-order valence-electron chi connectivity index (χ1n) is 7.16. The van der Waals surface area contributed by atoms with Crippen LogP contribution in [0, 0.1) is 5.82 Å². The quantitative estimate of drug-likeness (QED) is 0.795. The largest absolute Gasteiger partial charge is 0.354 e. The maximum atomic E-state index is 12.9. The van der Waals surface area contributed by atoms with Gasteiger partial charge < -0.3 is 10.2 Å². The van der Waals surface area contributed by atoms with Gasteiger partial charge in [0.15, 0.2) is 0 Å². The molecule has 0 bridgehead atoms. The van der Waals surface area contributed by atoms with Gasteiger partial charge in [0.25, 0.3) is 0 Å². The van der Waals surface area contributed by atoms with E-state index in [1.54, 1.807) is 24.5 Å². The number of benzene rings is 1. The van der Waals surface area contributed by atoms with E-state index in [2.05, 4.69) is 22.2 Å². The molecule has 4 nitrogen and oxygen atoms in total. The summed E-state index contributed by atoms with van der Waals surface area (Å²) < 4.78 is 12.9. The van der Waals surface area contributed by atoms with Crippen LogP contribution in [0.1, 0.15) is 24.6 Å². The Morgan fingerprint density at radius 3 is 2.67 bits per heavy atom. The van der Waals surface area contributed by atoms with Gasteiger partial charge in [-0.25, -0.2) is 9.37 Å². The third kappa shape index (κ3) is 4.79. The Bertz CT molecular complexity index is 556. The highest BCUT2D eigenvalue weighted by Gasteiger charge is 2.05. The highest BCUT2D eigenvalue weighted by molar-refractivity contribution is 5.36. The molecule has 0 aliphatic carbocycles. The van der Waals surface area contributed by atoms with E-state index in [1.165, 1.54) is 12.1 Å². The van der Waals surface area contributed by atoms with Crippen LogP contribution < -0.4 is 10.2 Å². The van der Waals surface area contributed by atoms with Gasteiger partial charge in [-0.05, 0) is 30.7 Å². The summed E-state index contributed by atoms with van der Waals surface area (Å²) in [6.45, 7) is 4.49. The molecule has 2 rings (SSSR count). The SMILES string of the molecule is CCCNCc1cncc(N(C)Cc2ccc(F)cc2)n1. The topological polar surface area (TPSA) is 41.1 Å². The van der Waals surface area contributed by atoms with Crippen LogP contribution in [0.15, 0.2) is 36.7 Å². The van der Waals surface area contributed by atoms with E-state index in [0.29, 0.717) is 6.54 Å². The molecule has 2 aromatic rings. The van der Waals surface area contributed by atoms with Gasteiger partial charge in [0.2, 0.25) is 0 Å². The third-order valence-electron chi connectivity index (χ3n) is 3.13. The smallest absolute Gasteiger partial charge is 0.147 e. The maximum absolute atomic E-state index is 12.9. The van der Waals surface area contributed by atoms with Crippen LogP contribution in [-0.2, 0) is 13.1 Å². The van der Waals surface area contributed by atoms with E-state index in [4.69, 9.17) is 0 Å². The first kappa shape index (κ1) is 15.4. The van der Waals surface area contributed by atoms with E-state index in [9.17, 15) is 4.39 Å². The molecule has 0 aliphatic rings. The molecule has 112 valence electrons. The monoisotopic (exact) mass is 288 g/mol. The number of aromatic nitrogens is 2. The van der Waals surface area contributed by atoms with E-state index < -0.39 is 0 Å². The van der Waals surface area contributed by atoms with Crippen LogP contribution in [0.2, 0.25) is 0 Å². The lowest BCUT2D eigenvalue weighted by Crippen LogP contribution is -2.20. The molecule has 21 heavy (non-hydrogen) atoms. The number of anilines is 1. The molecule has 1 aromatic heterocycles. The van der Waals surface area contributed by atoms with Crippen molar-refractivity contribution in [1.29, 1.82) is 0 Å². The number of nitrogens with zero attached hydrogens (tertiary/aromatic N) is 3. The van der Waals surface area contributed by atoms with E-state index in [1.807, 2.05) is 11.9 Å². The summed E-state index contributed by atoms with van der Waals surface area (Å²) in [6, 6.07) is 6.51. The molecule has 1 aromatic carbocycles. The van der Waals surface area contributed by atoms with Crippen molar-refractivity contribution in [2.24, 2.45) is 0 Å². The second-order valence-electron chi connectivity index (χ2n) is 5.03. The summed E-state index contributed by atoms with van der Waals surface area (Å²) in [5, 5.41) is 3.31. The van der Waals surface area contributed by atoms with Gasteiger partial charge in [0.05, 0.1) is 11.9 Å². The molecular weight excluding hydrogens is 267 g/mol. The summed E-state index contributed by atoms with van der Waals surface area (Å²) in [4.78, 5) is 10.8. The summed E-state index contributed by atoms with van der Waals surface area (Å²) in [6.07, 6.45) is 4.61. The predicted octanol–water partition coefficient (Wildman–Crippen LogP) is 2.75. The van der Waals surface area contributed by atoms with Crippen LogP contribution >= 0.6 is 0 Å². The minimum Gasteiger partial charge on any atom is -0.354 e. The highest BCUT2D eigenvalue weighted by Crippen LogP contribution is 2.12. The molecule has 0 atom stereocenters. The summed E-state index contributed by atoms with van der Waals surface area (Å²) in [7, 11) is 1.95. The van der Waals surface area contributed by atoms with Gasteiger partial charge in [0.1, 0.15) is 11.6 Å². The molecular formula is C16H21FN4. The first-order valence-corrected chi connectivity index (χ1v) is 7.16.